The van der Waals surface area contributed by atoms with Gasteiger partial charge < -0.3 is 10.2 Å². The second kappa shape index (κ2) is 4.07. The Hall–Kier alpha value is -1.09. The van der Waals surface area contributed by atoms with Crippen molar-refractivity contribution in [2.75, 3.05) is 5.75 Å². The Labute approximate surface area is 75.5 Å². The molecule has 3 heteroatoms. The van der Waals surface area contributed by atoms with Crippen LogP contribution in [0.1, 0.15) is 0 Å². The molecule has 0 aliphatic rings. The molecule has 1 aromatic carbocycles. The van der Waals surface area contributed by atoms with Crippen molar-refractivity contribution in [1.82, 2.24) is 0 Å². The molecule has 0 saturated heterocycles. The molecular weight excluding hydrogens is 172 g/mol. The SMILES string of the molecule is C=CCSc1cc(O)ccc1O. The number of phenols is 2. The summed E-state index contributed by atoms with van der Waals surface area (Å²) < 4.78 is 0. The fraction of sp³-hybridized carbons (Fsp3) is 0.111. The summed E-state index contributed by atoms with van der Waals surface area (Å²) in [5, 5.41) is 18.4. The third kappa shape index (κ3) is 2.20. The van der Waals surface area contributed by atoms with E-state index in [0.29, 0.717) is 4.90 Å². The van der Waals surface area contributed by atoms with E-state index in [-0.39, 0.29) is 11.5 Å². The second-order valence-electron chi connectivity index (χ2n) is 2.25. The average Bonchev–Trinajstić information content (AvgIpc) is 2.07. The highest BCUT2D eigenvalue weighted by atomic mass is 32.2. The van der Waals surface area contributed by atoms with Crippen LogP contribution >= 0.6 is 11.8 Å². The molecule has 0 fully saturated rings. The quantitative estimate of drug-likeness (QED) is 0.428. The largest absolute Gasteiger partial charge is 0.508 e. The predicted molar refractivity (Wildman–Crippen MR) is 50.7 cm³/mol. The first kappa shape index (κ1) is 9.00. The summed E-state index contributed by atoms with van der Waals surface area (Å²) in [5.74, 6) is 1.08. The molecule has 2 N–H and O–H groups in total. The van der Waals surface area contributed by atoms with Gasteiger partial charge >= 0.3 is 0 Å². The number of rotatable bonds is 3. The van der Waals surface area contributed by atoms with E-state index in [4.69, 9.17) is 5.11 Å². The predicted octanol–water partition coefficient (Wildman–Crippen LogP) is 2.38. The molecule has 1 rings (SSSR count). The lowest BCUT2D eigenvalue weighted by Crippen LogP contribution is -1.75. The van der Waals surface area contributed by atoms with E-state index in [1.54, 1.807) is 6.08 Å². The molecule has 0 aliphatic heterocycles. The van der Waals surface area contributed by atoms with Crippen LogP contribution < -0.4 is 0 Å². The maximum Gasteiger partial charge on any atom is 0.129 e. The van der Waals surface area contributed by atoms with Gasteiger partial charge in [0.15, 0.2) is 0 Å². The molecule has 1 aromatic rings. The standard InChI is InChI=1S/C9H10O2S/c1-2-5-12-9-6-7(10)3-4-8(9)11/h2-4,6,10-11H,1,5H2. The lowest BCUT2D eigenvalue weighted by Gasteiger charge is -2.01. The first-order chi connectivity index (χ1) is 5.74. The maximum atomic E-state index is 9.30. The molecule has 0 bridgehead atoms. The van der Waals surface area contributed by atoms with Gasteiger partial charge in [-0.3, -0.25) is 0 Å². The van der Waals surface area contributed by atoms with Gasteiger partial charge in [-0.1, -0.05) is 6.08 Å². The molecular formula is C9H10O2S. The minimum absolute atomic E-state index is 0.166. The molecule has 0 saturated carbocycles. The summed E-state index contributed by atoms with van der Waals surface area (Å²) in [5.41, 5.74) is 0. The lowest BCUT2D eigenvalue weighted by atomic mass is 10.3. The van der Waals surface area contributed by atoms with Crippen molar-refractivity contribution < 1.29 is 10.2 Å². The number of aromatic hydroxyl groups is 2. The first-order valence-electron chi connectivity index (χ1n) is 3.49. The van der Waals surface area contributed by atoms with Crippen molar-refractivity contribution in [2.45, 2.75) is 4.90 Å². The van der Waals surface area contributed by atoms with Crippen molar-refractivity contribution >= 4 is 11.8 Å². The van der Waals surface area contributed by atoms with Crippen molar-refractivity contribution in [3.8, 4) is 11.5 Å². The third-order valence-electron chi connectivity index (χ3n) is 1.30. The molecule has 0 spiro atoms. The first-order valence-corrected chi connectivity index (χ1v) is 4.48. The van der Waals surface area contributed by atoms with Crippen molar-refractivity contribution in [2.24, 2.45) is 0 Å². The highest BCUT2D eigenvalue weighted by molar-refractivity contribution is 7.99. The molecule has 12 heavy (non-hydrogen) atoms. The average molecular weight is 182 g/mol. The Morgan fingerprint density at radius 3 is 2.83 bits per heavy atom. The zero-order valence-corrected chi connectivity index (χ0v) is 7.34. The van der Waals surface area contributed by atoms with Gasteiger partial charge in [0, 0.05) is 5.75 Å². The molecule has 0 aliphatic carbocycles. The summed E-state index contributed by atoms with van der Waals surface area (Å²) in [6, 6.07) is 4.46. The maximum absolute atomic E-state index is 9.30. The molecule has 0 heterocycles. The number of hydrogen-bond acceptors (Lipinski definition) is 3. The normalized spacial score (nSPS) is 9.67. The number of phenolic OH excluding ortho intramolecular Hbond substituents is 2. The molecule has 0 radical (unpaired) electrons. The Morgan fingerprint density at radius 2 is 2.17 bits per heavy atom. The van der Waals surface area contributed by atoms with Gasteiger partial charge in [0.25, 0.3) is 0 Å². The summed E-state index contributed by atoms with van der Waals surface area (Å²) in [7, 11) is 0. The Balaban J connectivity index is 2.82. The van der Waals surface area contributed by atoms with Gasteiger partial charge in [-0.25, -0.2) is 0 Å². The minimum atomic E-state index is 0.166. The highest BCUT2D eigenvalue weighted by Gasteiger charge is 2.00. The van der Waals surface area contributed by atoms with Crippen LogP contribution in [0.25, 0.3) is 0 Å². The van der Waals surface area contributed by atoms with Gasteiger partial charge in [-0.15, -0.1) is 18.3 Å². The summed E-state index contributed by atoms with van der Waals surface area (Å²) in [4.78, 5) is 0.676. The monoisotopic (exact) mass is 182 g/mol. The highest BCUT2D eigenvalue weighted by Crippen LogP contribution is 2.31. The number of hydrogen-bond donors (Lipinski definition) is 2. The van der Waals surface area contributed by atoms with E-state index < -0.39 is 0 Å². The molecule has 0 atom stereocenters. The van der Waals surface area contributed by atoms with Crippen molar-refractivity contribution in [3.63, 3.8) is 0 Å². The molecule has 0 amide bonds. The van der Waals surface area contributed by atoms with E-state index in [0.717, 1.165) is 5.75 Å². The van der Waals surface area contributed by atoms with Gasteiger partial charge in [-0.2, -0.15) is 0 Å². The van der Waals surface area contributed by atoms with Crippen LogP contribution in [-0.4, -0.2) is 16.0 Å². The topological polar surface area (TPSA) is 40.5 Å². The van der Waals surface area contributed by atoms with Gasteiger partial charge in [0.1, 0.15) is 11.5 Å². The van der Waals surface area contributed by atoms with Crippen LogP contribution in [-0.2, 0) is 0 Å². The fourth-order valence-corrected chi connectivity index (χ4v) is 1.48. The van der Waals surface area contributed by atoms with E-state index in [1.165, 1.54) is 30.0 Å². The van der Waals surface area contributed by atoms with Crippen LogP contribution in [0.2, 0.25) is 0 Å². The zero-order chi connectivity index (χ0) is 8.97. The fourth-order valence-electron chi connectivity index (χ4n) is 0.767. The zero-order valence-electron chi connectivity index (χ0n) is 6.53. The summed E-state index contributed by atoms with van der Waals surface area (Å²) in [6.07, 6.45) is 1.74. The van der Waals surface area contributed by atoms with Crippen molar-refractivity contribution in [1.29, 1.82) is 0 Å². The van der Waals surface area contributed by atoms with E-state index >= 15 is 0 Å². The minimum Gasteiger partial charge on any atom is -0.508 e. The Kier molecular flexibility index (Phi) is 3.05. The van der Waals surface area contributed by atoms with Crippen LogP contribution in [0.15, 0.2) is 35.7 Å². The second-order valence-corrected chi connectivity index (χ2v) is 3.31. The van der Waals surface area contributed by atoms with Crippen LogP contribution in [0.3, 0.4) is 0 Å². The molecule has 0 aromatic heterocycles. The third-order valence-corrected chi connectivity index (χ3v) is 2.34. The van der Waals surface area contributed by atoms with E-state index in [9.17, 15) is 5.11 Å². The molecule has 0 unspecified atom stereocenters. The van der Waals surface area contributed by atoms with Crippen LogP contribution in [0.4, 0.5) is 0 Å². The smallest absolute Gasteiger partial charge is 0.129 e. The van der Waals surface area contributed by atoms with Crippen molar-refractivity contribution in [3.05, 3.63) is 30.9 Å². The van der Waals surface area contributed by atoms with Crippen LogP contribution in [0.5, 0.6) is 11.5 Å². The van der Waals surface area contributed by atoms with Gasteiger partial charge in [0.2, 0.25) is 0 Å². The molecule has 2 nitrogen and oxygen atoms in total. The Morgan fingerprint density at radius 1 is 1.42 bits per heavy atom. The lowest BCUT2D eigenvalue weighted by molar-refractivity contribution is 0.449. The number of benzene rings is 1. The van der Waals surface area contributed by atoms with Gasteiger partial charge in [0.05, 0.1) is 4.90 Å². The van der Waals surface area contributed by atoms with E-state index in [1.807, 2.05) is 0 Å². The number of thioether (sulfide) groups is 1. The Bertz CT molecular complexity index is 284. The van der Waals surface area contributed by atoms with Crippen LogP contribution in [0, 0.1) is 0 Å². The summed E-state index contributed by atoms with van der Waals surface area (Å²) in [6.45, 7) is 3.56. The van der Waals surface area contributed by atoms with Gasteiger partial charge in [-0.05, 0) is 18.2 Å². The van der Waals surface area contributed by atoms with E-state index in [2.05, 4.69) is 6.58 Å². The molecule has 64 valence electrons. The summed E-state index contributed by atoms with van der Waals surface area (Å²) >= 11 is 1.43.